The second-order valence-corrected chi connectivity index (χ2v) is 7.46. The summed E-state index contributed by atoms with van der Waals surface area (Å²) >= 11 is 3.50. The summed E-state index contributed by atoms with van der Waals surface area (Å²) < 4.78 is 12.4. The van der Waals surface area contributed by atoms with Gasteiger partial charge < -0.3 is 19.9 Å². The zero-order valence-corrected chi connectivity index (χ0v) is 17.8. The summed E-state index contributed by atoms with van der Waals surface area (Å²) in [6, 6.07) is 18.7. The maximum absolute atomic E-state index is 11.3. The van der Waals surface area contributed by atoms with Crippen LogP contribution in [0.1, 0.15) is 27.0 Å². The number of nitrogens with one attached hydrogen (secondary N) is 1. The molecule has 0 aromatic heterocycles. The Hall–Kier alpha value is -2.99. The highest BCUT2D eigenvalue weighted by Gasteiger charge is 2.11. The lowest BCUT2D eigenvalue weighted by molar-refractivity contribution is 0.0697. The number of methoxy groups -OCH3 is 1. The van der Waals surface area contributed by atoms with Crippen LogP contribution in [0.3, 0.4) is 0 Å². The summed E-state index contributed by atoms with van der Waals surface area (Å²) in [7, 11) is 1.55. The molecule has 150 valence electrons. The number of benzene rings is 3. The molecule has 0 aliphatic carbocycles. The lowest BCUT2D eigenvalue weighted by atomic mass is 10.1. The van der Waals surface area contributed by atoms with Crippen LogP contribution in [0.2, 0.25) is 0 Å². The zero-order chi connectivity index (χ0) is 20.8. The van der Waals surface area contributed by atoms with Crippen molar-refractivity contribution in [3.8, 4) is 11.5 Å². The molecule has 3 aromatic carbocycles. The summed E-state index contributed by atoms with van der Waals surface area (Å²) in [5, 5.41) is 12.5. The third kappa shape index (κ3) is 5.29. The number of rotatable bonds is 8. The maximum Gasteiger partial charge on any atom is 0.335 e. The van der Waals surface area contributed by atoms with Crippen LogP contribution < -0.4 is 14.8 Å². The van der Waals surface area contributed by atoms with Gasteiger partial charge >= 0.3 is 5.97 Å². The summed E-state index contributed by atoms with van der Waals surface area (Å²) in [6.07, 6.45) is 0. The van der Waals surface area contributed by atoms with E-state index in [1.54, 1.807) is 19.2 Å². The molecule has 6 heteroatoms. The number of carbonyl (C=O) groups is 1. The Morgan fingerprint density at radius 3 is 2.52 bits per heavy atom. The van der Waals surface area contributed by atoms with Crippen molar-refractivity contribution in [3.05, 3.63) is 87.4 Å². The van der Waals surface area contributed by atoms with Gasteiger partial charge in [0, 0.05) is 16.6 Å². The average molecular weight is 456 g/mol. The van der Waals surface area contributed by atoms with E-state index in [1.165, 1.54) is 11.6 Å². The molecule has 5 nitrogen and oxygen atoms in total. The summed E-state index contributed by atoms with van der Waals surface area (Å²) in [5.74, 6) is 0.352. The number of hydrogen-bond donors (Lipinski definition) is 2. The van der Waals surface area contributed by atoms with Crippen molar-refractivity contribution in [2.45, 2.75) is 20.1 Å². The number of ether oxygens (including phenoxy) is 2. The number of carboxylic acid groups (broad SMARTS) is 1. The predicted octanol–water partition coefficient (Wildman–Crippen LogP) is 5.66. The average Bonchev–Trinajstić information content (AvgIpc) is 2.72. The predicted molar refractivity (Wildman–Crippen MR) is 117 cm³/mol. The molecule has 2 N–H and O–H groups in total. The fourth-order valence-corrected chi connectivity index (χ4v) is 3.33. The normalized spacial score (nSPS) is 10.4. The summed E-state index contributed by atoms with van der Waals surface area (Å²) in [6.45, 7) is 2.98. The number of anilines is 1. The Morgan fingerprint density at radius 2 is 1.79 bits per heavy atom. The highest BCUT2D eigenvalue weighted by atomic mass is 79.9. The highest BCUT2D eigenvalue weighted by Crippen LogP contribution is 2.29. The minimum Gasteiger partial charge on any atom is -0.495 e. The first kappa shape index (κ1) is 20.7. The van der Waals surface area contributed by atoms with Gasteiger partial charge in [-0.05, 0) is 54.4 Å². The molecule has 0 saturated heterocycles. The van der Waals surface area contributed by atoms with Gasteiger partial charge in [-0.2, -0.15) is 0 Å². The van der Waals surface area contributed by atoms with Gasteiger partial charge in [0.05, 0.1) is 18.4 Å². The van der Waals surface area contributed by atoms with E-state index in [4.69, 9.17) is 9.47 Å². The quantitative estimate of drug-likeness (QED) is 0.458. The van der Waals surface area contributed by atoms with Crippen molar-refractivity contribution in [1.29, 1.82) is 0 Å². The Balaban J connectivity index is 1.79. The molecule has 0 atom stereocenters. The van der Waals surface area contributed by atoms with Gasteiger partial charge in [0.2, 0.25) is 0 Å². The summed E-state index contributed by atoms with van der Waals surface area (Å²) in [5.41, 5.74) is 4.05. The van der Waals surface area contributed by atoms with Crippen molar-refractivity contribution in [2.75, 3.05) is 12.4 Å². The van der Waals surface area contributed by atoms with Crippen molar-refractivity contribution < 1.29 is 19.4 Å². The molecular formula is C23H22BrNO4. The number of halogens is 1. The Bertz CT molecular complexity index is 1020. The largest absolute Gasteiger partial charge is 0.495 e. The van der Waals surface area contributed by atoms with E-state index >= 15 is 0 Å². The number of aromatic carboxylic acids is 1. The van der Waals surface area contributed by atoms with Crippen LogP contribution >= 0.6 is 15.9 Å². The molecule has 0 aliphatic heterocycles. The van der Waals surface area contributed by atoms with Gasteiger partial charge in [-0.1, -0.05) is 40.2 Å². The van der Waals surface area contributed by atoms with E-state index in [1.807, 2.05) is 36.4 Å². The van der Waals surface area contributed by atoms with Crippen molar-refractivity contribution in [2.24, 2.45) is 0 Å². The second kappa shape index (κ2) is 9.47. The van der Waals surface area contributed by atoms with E-state index in [9.17, 15) is 9.90 Å². The third-order valence-corrected chi connectivity index (χ3v) is 5.08. The van der Waals surface area contributed by atoms with E-state index in [0.717, 1.165) is 21.3 Å². The van der Waals surface area contributed by atoms with E-state index < -0.39 is 5.97 Å². The Kier molecular flexibility index (Phi) is 6.77. The molecule has 0 bridgehead atoms. The number of aryl methyl sites for hydroxylation is 1. The van der Waals surface area contributed by atoms with Crippen LogP contribution in [0.4, 0.5) is 5.69 Å². The minimum atomic E-state index is -0.986. The molecular weight excluding hydrogens is 434 g/mol. The van der Waals surface area contributed by atoms with Crippen LogP contribution in [-0.4, -0.2) is 18.2 Å². The lowest BCUT2D eigenvalue weighted by Crippen LogP contribution is -2.06. The molecule has 0 aliphatic rings. The van der Waals surface area contributed by atoms with Gasteiger partial charge in [0.1, 0.15) is 18.1 Å². The fourth-order valence-electron chi connectivity index (χ4n) is 2.92. The minimum absolute atomic E-state index is 0.193. The highest BCUT2D eigenvalue weighted by molar-refractivity contribution is 9.10. The molecule has 0 radical (unpaired) electrons. The lowest BCUT2D eigenvalue weighted by Gasteiger charge is -2.16. The van der Waals surface area contributed by atoms with Gasteiger partial charge in [0.15, 0.2) is 0 Å². The van der Waals surface area contributed by atoms with Crippen LogP contribution in [0.25, 0.3) is 0 Å². The van der Waals surface area contributed by atoms with Gasteiger partial charge in [0.25, 0.3) is 0 Å². The molecule has 0 saturated carbocycles. The maximum atomic E-state index is 11.3. The van der Waals surface area contributed by atoms with Crippen LogP contribution in [0, 0.1) is 6.92 Å². The molecule has 0 unspecified atom stereocenters. The van der Waals surface area contributed by atoms with Crippen LogP contribution in [0.15, 0.2) is 65.1 Å². The van der Waals surface area contributed by atoms with Crippen LogP contribution in [-0.2, 0) is 13.2 Å². The van der Waals surface area contributed by atoms with Crippen molar-refractivity contribution in [1.82, 2.24) is 0 Å². The molecule has 29 heavy (non-hydrogen) atoms. The number of hydrogen-bond acceptors (Lipinski definition) is 4. The first-order chi connectivity index (χ1) is 14.0. The molecule has 0 fully saturated rings. The SMILES string of the molecule is COc1ccc(C(=O)O)cc1NCc1cc(Br)ccc1OCc1ccccc1C. The Morgan fingerprint density at radius 1 is 1.03 bits per heavy atom. The van der Waals surface area contributed by atoms with Gasteiger partial charge in [-0.3, -0.25) is 0 Å². The molecule has 0 heterocycles. The zero-order valence-electron chi connectivity index (χ0n) is 16.2. The fraction of sp³-hybridized carbons (Fsp3) is 0.174. The smallest absolute Gasteiger partial charge is 0.335 e. The topological polar surface area (TPSA) is 67.8 Å². The number of carboxylic acids is 1. The van der Waals surface area contributed by atoms with E-state index in [0.29, 0.717) is 24.6 Å². The summed E-state index contributed by atoms with van der Waals surface area (Å²) in [4.78, 5) is 11.3. The monoisotopic (exact) mass is 455 g/mol. The van der Waals surface area contributed by atoms with Gasteiger partial charge in [-0.25, -0.2) is 4.79 Å². The first-order valence-corrected chi connectivity index (χ1v) is 9.88. The van der Waals surface area contributed by atoms with Crippen molar-refractivity contribution in [3.63, 3.8) is 0 Å². The van der Waals surface area contributed by atoms with E-state index in [-0.39, 0.29) is 5.56 Å². The molecule has 0 amide bonds. The third-order valence-electron chi connectivity index (χ3n) is 4.58. The van der Waals surface area contributed by atoms with Gasteiger partial charge in [-0.15, -0.1) is 0 Å². The molecule has 3 aromatic rings. The van der Waals surface area contributed by atoms with Crippen LogP contribution in [0.5, 0.6) is 11.5 Å². The van der Waals surface area contributed by atoms with Crippen molar-refractivity contribution >= 4 is 27.6 Å². The first-order valence-electron chi connectivity index (χ1n) is 9.09. The Labute approximate surface area is 178 Å². The second-order valence-electron chi connectivity index (χ2n) is 6.54. The molecule has 3 rings (SSSR count). The standard InChI is InChI=1S/C23H22BrNO4/c1-15-5-3-4-6-17(15)14-29-21-10-8-19(24)11-18(21)13-25-20-12-16(23(26)27)7-9-22(20)28-2/h3-12,25H,13-14H2,1-2H3,(H,26,27). The van der Waals surface area contributed by atoms with E-state index in [2.05, 4.69) is 34.2 Å². The molecule has 0 spiro atoms.